The van der Waals surface area contributed by atoms with E-state index in [9.17, 15) is 4.39 Å². The largest absolute Gasteiger partial charge is 0.353 e. The molecule has 0 aromatic carbocycles. The van der Waals surface area contributed by atoms with E-state index in [4.69, 9.17) is 0 Å². The highest BCUT2D eigenvalue weighted by molar-refractivity contribution is 5.48. The van der Waals surface area contributed by atoms with E-state index in [0.29, 0.717) is 18.6 Å². The van der Waals surface area contributed by atoms with Gasteiger partial charge < -0.3 is 15.1 Å². The molecule has 1 aromatic heterocycles. The van der Waals surface area contributed by atoms with Crippen LogP contribution in [-0.4, -0.2) is 49.2 Å². The summed E-state index contributed by atoms with van der Waals surface area (Å²) in [4.78, 5) is 8.79. The first kappa shape index (κ1) is 16.2. The Labute approximate surface area is 127 Å². The second-order valence-electron chi connectivity index (χ2n) is 6.19. The summed E-state index contributed by atoms with van der Waals surface area (Å²) in [6, 6.07) is 2.56. The van der Waals surface area contributed by atoms with Crippen LogP contribution in [0.5, 0.6) is 0 Å². The maximum absolute atomic E-state index is 13.5. The molecule has 4 nitrogen and oxygen atoms in total. The van der Waals surface area contributed by atoms with Gasteiger partial charge >= 0.3 is 0 Å². The van der Waals surface area contributed by atoms with Crippen molar-refractivity contribution in [2.24, 2.45) is 0 Å². The number of pyridine rings is 1. The van der Waals surface area contributed by atoms with E-state index in [1.54, 1.807) is 6.07 Å². The van der Waals surface area contributed by atoms with Gasteiger partial charge in [0.2, 0.25) is 0 Å². The maximum atomic E-state index is 13.5. The first-order chi connectivity index (χ1) is 10.0. The molecule has 1 aliphatic rings. The smallest absolute Gasteiger partial charge is 0.141 e. The third-order valence-electron chi connectivity index (χ3n) is 3.84. The Morgan fingerprint density at radius 2 is 2.14 bits per heavy atom. The normalized spacial score (nSPS) is 16.3. The van der Waals surface area contributed by atoms with Crippen LogP contribution in [0.3, 0.4) is 0 Å². The minimum absolute atomic E-state index is 0.261. The first-order valence-corrected chi connectivity index (χ1v) is 7.80. The molecule has 0 radical (unpaired) electrons. The number of anilines is 1. The van der Waals surface area contributed by atoms with Crippen LogP contribution in [0.1, 0.15) is 32.3 Å². The summed E-state index contributed by atoms with van der Waals surface area (Å²) in [5.41, 5.74) is 0.953. The van der Waals surface area contributed by atoms with Crippen molar-refractivity contribution in [3.63, 3.8) is 0 Å². The SMILES string of the molecule is CCN(c1ncc(F)cc1CNC1CC1)C(C)CN(C)C. The van der Waals surface area contributed by atoms with Crippen molar-refractivity contribution < 1.29 is 4.39 Å². The van der Waals surface area contributed by atoms with Crippen molar-refractivity contribution in [3.8, 4) is 0 Å². The fourth-order valence-electron chi connectivity index (χ4n) is 2.70. The Hall–Kier alpha value is -1.20. The van der Waals surface area contributed by atoms with Crippen LogP contribution in [-0.2, 0) is 6.54 Å². The van der Waals surface area contributed by atoms with Crippen LogP contribution in [0.2, 0.25) is 0 Å². The van der Waals surface area contributed by atoms with Gasteiger partial charge in [-0.05, 0) is 46.9 Å². The fraction of sp³-hybridized carbons (Fsp3) is 0.688. The number of hydrogen-bond acceptors (Lipinski definition) is 4. The van der Waals surface area contributed by atoms with Crippen molar-refractivity contribution in [3.05, 3.63) is 23.6 Å². The molecule has 1 aliphatic carbocycles. The zero-order valence-electron chi connectivity index (χ0n) is 13.6. The molecule has 1 unspecified atom stereocenters. The average Bonchev–Trinajstić information content (AvgIpc) is 3.22. The van der Waals surface area contributed by atoms with E-state index in [0.717, 1.165) is 24.5 Å². The molecule has 0 bridgehead atoms. The Bertz CT molecular complexity index is 460. The summed E-state index contributed by atoms with van der Waals surface area (Å²) in [5, 5.41) is 3.46. The number of hydrogen-bond donors (Lipinski definition) is 1. The summed E-state index contributed by atoms with van der Waals surface area (Å²) < 4.78 is 13.5. The maximum Gasteiger partial charge on any atom is 0.141 e. The van der Waals surface area contributed by atoms with Gasteiger partial charge in [-0.1, -0.05) is 0 Å². The topological polar surface area (TPSA) is 31.4 Å². The van der Waals surface area contributed by atoms with E-state index in [2.05, 4.69) is 48.0 Å². The molecule has 5 heteroatoms. The molecule has 0 amide bonds. The number of nitrogens with zero attached hydrogens (tertiary/aromatic N) is 3. The molecule has 0 saturated heterocycles. The zero-order chi connectivity index (χ0) is 15.4. The van der Waals surface area contributed by atoms with Gasteiger partial charge in [0.15, 0.2) is 0 Å². The third-order valence-corrected chi connectivity index (χ3v) is 3.84. The summed E-state index contributed by atoms with van der Waals surface area (Å²) >= 11 is 0. The molecule has 21 heavy (non-hydrogen) atoms. The summed E-state index contributed by atoms with van der Waals surface area (Å²) in [6.07, 6.45) is 3.78. The Morgan fingerprint density at radius 1 is 1.43 bits per heavy atom. The van der Waals surface area contributed by atoms with Crippen molar-refractivity contribution in [1.82, 2.24) is 15.2 Å². The molecule has 1 fully saturated rings. The standard InChI is InChI=1S/C16H27FN4/c1-5-21(12(2)11-20(3)4)16-13(8-14(17)10-19-16)9-18-15-6-7-15/h8,10,12,15,18H,5-7,9,11H2,1-4H3. The lowest BCUT2D eigenvalue weighted by Crippen LogP contribution is -2.41. The number of rotatable bonds is 8. The lowest BCUT2D eigenvalue weighted by atomic mass is 10.2. The second kappa shape index (κ2) is 7.18. The Kier molecular flexibility index (Phi) is 5.53. The highest BCUT2D eigenvalue weighted by Crippen LogP contribution is 2.24. The van der Waals surface area contributed by atoms with E-state index in [-0.39, 0.29) is 5.82 Å². The Morgan fingerprint density at radius 3 is 2.71 bits per heavy atom. The molecule has 1 heterocycles. The van der Waals surface area contributed by atoms with Gasteiger partial charge in [0, 0.05) is 37.3 Å². The molecule has 0 aliphatic heterocycles. The minimum Gasteiger partial charge on any atom is -0.353 e. The average molecular weight is 294 g/mol. The summed E-state index contributed by atoms with van der Waals surface area (Å²) in [5.74, 6) is 0.643. The highest BCUT2D eigenvalue weighted by Gasteiger charge is 2.23. The second-order valence-corrected chi connectivity index (χ2v) is 6.19. The van der Waals surface area contributed by atoms with Gasteiger partial charge in [0.25, 0.3) is 0 Å². The summed E-state index contributed by atoms with van der Waals surface area (Å²) in [7, 11) is 4.13. The van der Waals surface area contributed by atoms with Gasteiger partial charge in [0.1, 0.15) is 11.6 Å². The monoisotopic (exact) mass is 294 g/mol. The van der Waals surface area contributed by atoms with Crippen molar-refractivity contribution >= 4 is 5.82 Å². The fourth-order valence-corrected chi connectivity index (χ4v) is 2.70. The molecule has 1 atom stereocenters. The van der Waals surface area contributed by atoms with Crippen LogP contribution >= 0.6 is 0 Å². The molecule has 0 spiro atoms. The van der Waals surface area contributed by atoms with Crippen molar-refractivity contribution in [2.45, 2.75) is 45.3 Å². The van der Waals surface area contributed by atoms with Gasteiger partial charge in [-0.15, -0.1) is 0 Å². The van der Waals surface area contributed by atoms with Gasteiger partial charge in [-0.25, -0.2) is 9.37 Å². The van der Waals surface area contributed by atoms with E-state index < -0.39 is 0 Å². The van der Waals surface area contributed by atoms with Crippen LogP contribution in [0.15, 0.2) is 12.3 Å². The van der Waals surface area contributed by atoms with E-state index in [1.807, 2.05) is 0 Å². The van der Waals surface area contributed by atoms with Gasteiger partial charge in [-0.2, -0.15) is 0 Å². The number of halogens is 1. The molecule has 1 aromatic rings. The third kappa shape index (κ3) is 4.64. The lowest BCUT2D eigenvalue weighted by Gasteiger charge is -2.32. The van der Waals surface area contributed by atoms with Gasteiger partial charge in [-0.3, -0.25) is 0 Å². The number of aromatic nitrogens is 1. The molecular formula is C16H27FN4. The first-order valence-electron chi connectivity index (χ1n) is 7.80. The van der Waals surface area contributed by atoms with Crippen molar-refractivity contribution in [1.29, 1.82) is 0 Å². The highest BCUT2D eigenvalue weighted by atomic mass is 19.1. The van der Waals surface area contributed by atoms with Crippen molar-refractivity contribution in [2.75, 3.05) is 32.1 Å². The van der Waals surface area contributed by atoms with Crippen LogP contribution in [0, 0.1) is 5.82 Å². The van der Waals surface area contributed by atoms with E-state index in [1.165, 1.54) is 19.0 Å². The molecular weight excluding hydrogens is 267 g/mol. The molecule has 118 valence electrons. The van der Waals surface area contributed by atoms with Crippen LogP contribution in [0.4, 0.5) is 10.2 Å². The minimum atomic E-state index is -0.261. The molecule has 1 saturated carbocycles. The number of nitrogens with one attached hydrogen (secondary N) is 1. The molecule has 1 N–H and O–H groups in total. The molecule has 2 rings (SSSR count). The zero-order valence-corrected chi connectivity index (χ0v) is 13.6. The van der Waals surface area contributed by atoms with Crippen LogP contribution in [0.25, 0.3) is 0 Å². The van der Waals surface area contributed by atoms with Gasteiger partial charge in [0.05, 0.1) is 6.20 Å². The number of likely N-dealkylation sites (N-methyl/N-ethyl adjacent to an activating group) is 2. The van der Waals surface area contributed by atoms with Crippen LogP contribution < -0.4 is 10.2 Å². The summed E-state index contributed by atoms with van der Waals surface area (Å²) in [6.45, 7) is 6.81. The van der Waals surface area contributed by atoms with E-state index >= 15 is 0 Å². The lowest BCUT2D eigenvalue weighted by molar-refractivity contribution is 0.371. The predicted molar refractivity (Wildman–Crippen MR) is 85.1 cm³/mol. The quantitative estimate of drug-likeness (QED) is 0.797. The predicted octanol–water partition coefficient (Wildman–Crippen LogP) is 2.25. The Balaban J connectivity index is 2.17.